The molecule has 1 aromatic heterocycles. The molecule has 10 heteroatoms. The molecule has 0 unspecified atom stereocenters. The molecule has 1 heterocycles. The highest BCUT2D eigenvalue weighted by Gasteiger charge is 2.17. The number of rotatable bonds is 8. The van der Waals surface area contributed by atoms with Crippen molar-refractivity contribution < 1.29 is 33.1 Å². The Morgan fingerprint density at radius 1 is 1.06 bits per heavy atom. The number of nitro groups is 1. The first-order valence-corrected chi connectivity index (χ1v) is 8.95. The number of nitrogens with zero attached hydrogens (tertiary/aromatic N) is 1. The van der Waals surface area contributed by atoms with Gasteiger partial charge in [-0.15, -0.1) is 0 Å². The molecule has 160 valence electrons. The molecule has 0 radical (unpaired) electrons. The quantitative estimate of drug-likeness (QED) is 0.327. The second-order valence-electron chi connectivity index (χ2n) is 6.17. The molecule has 0 saturated heterocycles. The standard InChI is InChI=1S/C21H18N2O8/c1-28-19-11-14(23(26)27)5-9-17(19)22-20(24)18-10-8-16(31-18)12-30-15-6-3-13(4-7-15)21(25)29-2/h3-11H,12H2,1-2H3,(H,22,24). The van der Waals surface area contributed by atoms with Crippen LogP contribution >= 0.6 is 0 Å². The highest BCUT2D eigenvalue weighted by Crippen LogP contribution is 2.29. The fraction of sp³-hybridized carbons (Fsp3) is 0.143. The Kier molecular flexibility index (Phi) is 6.51. The number of methoxy groups -OCH3 is 2. The highest BCUT2D eigenvalue weighted by molar-refractivity contribution is 6.03. The summed E-state index contributed by atoms with van der Waals surface area (Å²) in [6, 6.07) is 13.3. The van der Waals surface area contributed by atoms with Crippen molar-refractivity contribution in [2.45, 2.75) is 6.61 Å². The molecule has 2 aromatic carbocycles. The molecule has 0 atom stereocenters. The lowest BCUT2D eigenvalue weighted by Gasteiger charge is -2.09. The third-order valence-electron chi connectivity index (χ3n) is 4.19. The first kappa shape index (κ1) is 21.4. The number of carbonyl (C=O) groups is 2. The summed E-state index contributed by atoms with van der Waals surface area (Å²) in [7, 11) is 2.64. The smallest absolute Gasteiger partial charge is 0.337 e. The number of esters is 1. The molecule has 3 rings (SSSR count). The molecular weight excluding hydrogens is 408 g/mol. The molecule has 3 aromatic rings. The minimum atomic E-state index is -0.560. The minimum Gasteiger partial charge on any atom is -0.494 e. The summed E-state index contributed by atoms with van der Waals surface area (Å²) in [5.74, 6) is 0.0790. The number of hydrogen-bond acceptors (Lipinski definition) is 8. The first-order valence-electron chi connectivity index (χ1n) is 8.95. The number of amides is 1. The van der Waals surface area contributed by atoms with Gasteiger partial charge >= 0.3 is 5.97 Å². The molecule has 31 heavy (non-hydrogen) atoms. The summed E-state index contributed by atoms with van der Waals surface area (Å²) in [5.41, 5.74) is 0.498. The predicted octanol–water partition coefficient (Wildman–Crippen LogP) is 3.81. The molecule has 0 aliphatic carbocycles. The Morgan fingerprint density at radius 3 is 2.45 bits per heavy atom. The molecule has 0 saturated carbocycles. The largest absolute Gasteiger partial charge is 0.494 e. The van der Waals surface area contributed by atoms with Crippen molar-refractivity contribution >= 4 is 23.3 Å². The lowest BCUT2D eigenvalue weighted by atomic mass is 10.2. The number of hydrogen-bond donors (Lipinski definition) is 1. The van der Waals surface area contributed by atoms with Crippen molar-refractivity contribution in [1.82, 2.24) is 0 Å². The van der Waals surface area contributed by atoms with Crippen LogP contribution in [0.25, 0.3) is 0 Å². The number of furan rings is 1. The Balaban J connectivity index is 1.62. The van der Waals surface area contributed by atoms with Gasteiger partial charge in [0.2, 0.25) is 0 Å². The third-order valence-corrected chi connectivity index (χ3v) is 4.19. The summed E-state index contributed by atoms with van der Waals surface area (Å²) in [6.07, 6.45) is 0. The predicted molar refractivity (Wildman–Crippen MR) is 108 cm³/mol. The lowest BCUT2D eigenvalue weighted by molar-refractivity contribution is -0.384. The maximum Gasteiger partial charge on any atom is 0.337 e. The van der Waals surface area contributed by atoms with E-state index in [0.717, 1.165) is 0 Å². The fourth-order valence-corrected chi connectivity index (χ4v) is 2.62. The van der Waals surface area contributed by atoms with Crippen molar-refractivity contribution in [3.8, 4) is 11.5 Å². The van der Waals surface area contributed by atoms with E-state index in [0.29, 0.717) is 17.1 Å². The van der Waals surface area contributed by atoms with Crippen LogP contribution in [-0.4, -0.2) is 31.0 Å². The number of benzene rings is 2. The van der Waals surface area contributed by atoms with E-state index >= 15 is 0 Å². The Morgan fingerprint density at radius 2 is 1.81 bits per heavy atom. The number of nitrogens with one attached hydrogen (secondary N) is 1. The van der Waals surface area contributed by atoms with Gasteiger partial charge in [0.1, 0.15) is 23.9 Å². The van der Waals surface area contributed by atoms with Crippen molar-refractivity contribution in [1.29, 1.82) is 0 Å². The third kappa shape index (κ3) is 5.18. The molecule has 0 spiro atoms. The summed E-state index contributed by atoms with van der Waals surface area (Å²) in [4.78, 5) is 34.2. The van der Waals surface area contributed by atoms with Crippen molar-refractivity contribution in [3.63, 3.8) is 0 Å². The summed E-state index contributed by atoms with van der Waals surface area (Å²) in [5, 5.41) is 13.5. The lowest BCUT2D eigenvalue weighted by Crippen LogP contribution is -2.12. The average molecular weight is 426 g/mol. The zero-order valence-corrected chi connectivity index (χ0v) is 16.6. The second-order valence-corrected chi connectivity index (χ2v) is 6.17. The molecule has 0 aliphatic rings. The topological polar surface area (TPSA) is 130 Å². The molecular formula is C21H18N2O8. The number of ether oxygens (including phenoxy) is 3. The van der Waals surface area contributed by atoms with Crippen molar-refractivity contribution in [2.24, 2.45) is 0 Å². The Hall–Kier alpha value is -4.34. The Bertz CT molecular complexity index is 1100. The van der Waals surface area contributed by atoms with Crippen LogP contribution in [0.15, 0.2) is 59.0 Å². The monoisotopic (exact) mass is 426 g/mol. The van der Waals surface area contributed by atoms with Gasteiger partial charge < -0.3 is 23.9 Å². The van der Waals surface area contributed by atoms with Crippen LogP contribution in [-0.2, 0) is 11.3 Å². The van der Waals surface area contributed by atoms with Gasteiger partial charge in [-0.2, -0.15) is 0 Å². The average Bonchev–Trinajstić information content (AvgIpc) is 3.27. The van der Waals surface area contributed by atoms with E-state index in [1.807, 2.05) is 0 Å². The summed E-state index contributed by atoms with van der Waals surface area (Å²) < 4.78 is 20.8. The van der Waals surface area contributed by atoms with Crippen LogP contribution in [0.4, 0.5) is 11.4 Å². The normalized spacial score (nSPS) is 10.3. The zero-order valence-electron chi connectivity index (χ0n) is 16.6. The van der Waals surface area contributed by atoms with Gasteiger partial charge in [0.25, 0.3) is 11.6 Å². The maximum absolute atomic E-state index is 12.4. The number of anilines is 1. The van der Waals surface area contributed by atoms with Gasteiger partial charge in [-0.25, -0.2) is 4.79 Å². The molecule has 0 bridgehead atoms. The summed E-state index contributed by atoms with van der Waals surface area (Å²) >= 11 is 0. The molecule has 0 fully saturated rings. The van der Waals surface area contributed by atoms with Gasteiger partial charge in [0.05, 0.1) is 36.5 Å². The number of non-ortho nitro benzene ring substituents is 1. The highest BCUT2D eigenvalue weighted by atomic mass is 16.6. The fourth-order valence-electron chi connectivity index (χ4n) is 2.62. The van der Waals surface area contributed by atoms with E-state index in [1.165, 1.54) is 38.5 Å². The van der Waals surface area contributed by atoms with E-state index < -0.39 is 16.8 Å². The molecule has 1 N–H and O–H groups in total. The van der Waals surface area contributed by atoms with E-state index in [-0.39, 0.29) is 29.5 Å². The van der Waals surface area contributed by atoms with E-state index in [9.17, 15) is 19.7 Å². The van der Waals surface area contributed by atoms with Crippen LogP contribution in [0.1, 0.15) is 26.7 Å². The minimum absolute atomic E-state index is 0.0278. The van der Waals surface area contributed by atoms with Gasteiger partial charge in [-0.3, -0.25) is 14.9 Å². The van der Waals surface area contributed by atoms with Crippen LogP contribution in [0.2, 0.25) is 0 Å². The van der Waals surface area contributed by atoms with Gasteiger partial charge in [-0.05, 0) is 42.5 Å². The van der Waals surface area contributed by atoms with Gasteiger partial charge in [0.15, 0.2) is 5.76 Å². The SMILES string of the molecule is COC(=O)c1ccc(OCc2ccc(C(=O)Nc3ccc([N+](=O)[O-])cc3OC)o2)cc1. The Labute approximate surface area is 176 Å². The number of carbonyl (C=O) groups excluding carboxylic acids is 2. The van der Waals surface area contributed by atoms with Gasteiger partial charge in [-0.1, -0.05) is 0 Å². The first-order chi connectivity index (χ1) is 14.9. The van der Waals surface area contributed by atoms with Crippen LogP contribution in [0.5, 0.6) is 11.5 Å². The van der Waals surface area contributed by atoms with Crippen molar-refractivity contribution in [3.05, 3.63) is 81.8 Å². The van der Waals surface area contributed by atoms with Crippen molar-refractivity contribution in [2.75, 3.05) is 19.5 Å². The van der Waals surface area contributed by atoms with Gasteiger partial charge in [0, 0.05) is 6.07 Å². The molecule has 1 amide bonds. The van der Waals surface area contributed by atoms with E-state index in [4.69, 9.17) is 13.9 Å². The maximum atomic E-state index is 12.4. The second kappa shape index (κ2) is 9.44. The van der Waals surface area contributed by atoms with Crippen LogP contribution < -0.4 is 14.8 Å². The zero-order chi connectivity index (χ0) is 22.4. The van der Waals surface area contributed by atoms with E-state index in [2.05, 4.69) is 10.1 Å². The molecule has 10 nitrogen and oxygen atoms in total. The number of nitro benzene ring substituents is 1. The molecule has 0 aliphatic heterocycles. The summed E-state index contributed by atoms with van der Waals surface area (Å²) in [6.45, 7) is 0.0612. The van der Waals surface area contributed by atoms with E-state index in [1.54, 1.807) is 30.3 Å². The van der Waals surface area contributed by atoms with Crippen LogP contribution in [0.3, 0.4) is 0 Å². The van der Waals surface area contributed by atoms with Crippen LogP contribution in [0, 0.1) is 10.1 Å².